The lowest BCUT2D eigenvalue weighted by atomic mass is 10.2. The predicted molar refractivity (Wildman–Crippen MR) is 39.7 cm³/mol. The minimum Gasteiger partial charge on any atom is -0.476 e. The number of aliphatic hydroxyl groups excluding tert-OH is 1. The Morgan fingerprint density at radius 3 is 1.53 bits per heavy atom. The van der Waals surface area contributed by atoms with Gasteiger partial charge in [-0.3, -0.25) is 0 Å². The van der Waals surface area contributed by atoms with Crippen molar-refractivity contribution >= 4 is 11.9 Å². The Bertz CT molecular complexity index is 358. The lowest BCUT2D eigenvalue weighted by molar-refractivity contribution is -0.135. The van der Waals surface area contributed by atoms with Crippen molar-refractivity contribution in [3.8, 4) is 0 Å². The van der Waals surface area contributed by atoms with E-state index in [4.69, 9.17) is 15.3 Å². The number of hydrogen-bond donors (Lipinski definition) is 3. The van der Waals surface area contributed by atoms with Crippen LogP contribution in [0.5, 0.6) is 0 Å². The fourth-order valence-corrected chi connectivity index (χ4v) is 0.591. The fourth-order valence-electron chi connectivity index (χ4n) is 0.591. The van der Waals surface area contributed by atoms with E-state index in [-0.39, 0.29) is 0 Å². The van der Waals surface area contributed by atoms with Crippen LogP contribution in [0.4, 0.5) is 13.2 Å². The Balaban J connectivity index is 5.54. The van der Waals surface area contributed by atoms with Gasteiger partial charge in [0.05, 0.1) is 12.2 Å². The summed E-state index contributed by atoms with van der Waals surface area (Å²) in [6, 6.07) is 0. The quantitative estimate of drug-likeness (QED) is 0.479. The van der Waals surface area contributed by atoms with Crippen molar-refractivity contribution in [1.82, 2.24) is 0 Å². The smallest absolute Gasteiger partial charge is 0.367 e. The van der Waals surface area contributed by atoms with Crippen LogP contribution in [-0.4, -0.2) is 33.9 Å². The maximum Gasteiger partial charge on any atom is 0.367 e. The molecular formula is C7H5F3O5. The predicted octanol–water partition coefficient (Wildman–Crippen LogP) is 0.522. The zero-order valence-electron chi connectivity index (χ0n) is 7.00. The van der Waals surface area contributed by atoms with Gasteiger partial charge >= 0.3 is 11.9 Å². The first-order chi connectivity index (χ1) is 6.82. The third-order valence-electron chi connectivity index (χ3n) is 1.26. The van der Waals surface area contributed by atoms with E-state index < -0.39 is 41.6 Å². The second-order valence-corrected chi connectivity index (χ2v) is 2.19. The van der Waals surface area contributed by atoms with Crippen LogP contribution in [0, 0.1) is 0 Å². The van der Waals surface area contributed by atoms with Gasteiger partial charge in [0.25, 0.3) is 0 Å². The molecule has 8 heteroatoms. The Kier molecular flexibility index (Phi) is 4.52. The van der Waals surface area contributed by atoms with Gasteiger partial charge in [0.2, 0.25) is 11.7 Å². The molecule has 0 aliphatic carbocycles. The summed E-state index contributed by atoms with van der Waals surface area (Å²) in [5, 5.41) is 24.4. The third-order valence-corrected chi connectivity index (χ3v) is 1.26. The topological polar surface area (TPSA) is 94.8 Å². The molecule has 0 radical (unpaired) electrons. The average molecular weight is 226 g/mol. The van der Waals surface area contributed by atoms with E-state index in [9.17, 15) is 22.8 Å². The van der Waals surface area contributed by atoms with Gasteiger partial charge in [-0.25, -0.2) is 14.0 Å². The number of carboxylic acid groups (broad SMARTS) is 2. The van der Waals surface area contributed by atoms with Crippen LogP contribution in [0.25, 0.3) is 0 Å². The lowest BCUT2D eigenvalue weighted by Gasteiger charge is -2.01. The van der Waals surface area contributed by atoms with Crippen molar-refractivity contribution in [2.24, 2.45) is 0 Å². The Hall–Kier alpha value is -1.83. The van der Waals surface area contributed by atoms with Gasteiger partial charge in [-0.05, 0) is 0 Å². The summed E-state index contributed by atoms with van der Waals surface area (Å²) in [6.07, 6.45) is 0. The normalized spacial score (nSPS) is 14.1. The summed E-state index contributed by atoms with van der Waals surface area (Å²) in [5.41, 5.74) is -1.57. The van der Waals surface area contributed by atoms with Crippen molar-refractivity contribution in [1.29, 1.82) is 0 Å². The van der Waals surface area contributed by atoms with E-state index in [2.05, 4.69) is 0 Å². The molecule has 3 N–H and O–H groups in total. The fraction of sp³-hybridized carbons (Fsp3) is 0.143. The first-order valence-corrected chi connectivity index (χ1v) is 3.34. The van der Waals surface area contributed by atoms with Crippen LogP contribution < -0.4 is 0 Å². The van der Waals surface area contributed by atoms with Crippen LogP contribution in [0.2, 0.25) is 0 Å². The molecule has 0 rings (SSSR count). The van der Waals surface area contributed by atoms with Crippen molar-refractivity contribution in [2.45, 2.75) is 0 Å². The molecular weight excluding hydrogens is 221 g/mol. The zero-order chi connectivity index (χ0) is 12.2. The summed E-state index contributed by atoms with van der Waals surface area (Å²) < 4.78 is 37.7. The van der Waals surface area contributed by atoms with E-state index >= 15 is 0 Å². The monoisotopic (exact) mass is 226 g/mol. The number of aliphatic hydroxyl groups is 1. The Morgan fingerprint density at radius 2 is 1.27 bits per heavy atom. The molecule has 0 heterocycles. The van der Waals surface area contributed by atoms with E-state index in [1.165, 1.54) is 0 Å². The Morgan fingerprint density at radius 1 is 0.867 bits per heavy atom. The van der Waals surface area contributed by atoms with Gasteiger partial charge in [-0.1, -0.05) is 0 Å². The van der Waals surface area contributed by atoms with Crippen LogP contribution in [0.3, 0.4) is 0 Å². The van der Waals surface area contributed by atoms with Crippen molar-refractivity contribution in [2.75, 3.05) is 6.61 Å². The standard InChI is InChI=1S/C7H5F3O5/c8-3(5(10)7(14)15)2(1-11)4(9)6(12)13/h11H,1H2,(H,12,13)(H,14,15). The molecule has 0 saturated heterocycles. The number of carboxylic acids is 2. The first-order valence-electron chi connectivity index (χ1n) is 3.34. The van der Waals surface area contributed by atoms with Crippen molar-refractivity contribution < 1.29 is 38.1 Å². The van der Waals surface area contributed by atoms with Gasteiger partial charge in [-0.2, -0.15) is 8.78 Å². The molecule has 5 nitrogen and oxygen atoms in total. The minimum atomic E-state index is -2.38. The molecule has 0 saturated carbocycles. The van der Waals surface area contributed by atoms with Crippen LogP contribution in [-0.2, 0) is 9.59 Å². The van der Waals surface area contributed by atoms with Gasteiger partial charge in [0.15, 0.2) is 5.83 Å². The summed E-state index contributed by atoms with van der Waals surface area (Å²) in [7, 11) is 0. The van der Waals surface area contributed by atoms with E-state index in [1.807, 2.05) is 0 Å². The summed E-state index contributed by atoms with van der Waals surface area (Å²) in [6.45, 7) is -1.48. The largest absolute Gasteiger partial charge is 0.476 e. The van der Waals surface area contributed by atoms with Crippen LogP contribution in [0.15, 0.2) is 23.1 Å². The molecule has 0 atom stereocenters. The van der Waals surface area contributed by atoms with E-state index in [1.54, 1.807) is 0 Å². The SMILES string of the molecule is O=C(O)C(F)=C(F)C(CO)=C(F)C(=O)O. The van der Waals surface area contributed by atoms with Gasteiger partial charge in [-0.15, -0.1) is 0 Å². The van der Waals surface area contributed by atoms with E-state index in [0.29, 0.717) is 0 Å². The average Bonchev–Trinajstić information content (AvgIpc) is 2.16. The number of aliphatic carboxylic acids is 2. The molecule has 0 aromatic rings. The number of halogens is 3. The van der Waals surface area contributed by atoms with Crippen molar-refractivity contribution in [3.63, 3.8) is 0 Å². The maximum absolute atomic E-state index is 12.7. The summed E-state index contributed by atoms with van der Waals surface area (Å²) >= 11 is 0. The zero-order valence-corrected chi connectivity index (χ0v) is 7.00. The van der Waals surface area contributed by atoms with Crippen molar-refractivity contribution in [3.05, 3.63) is 23.1 Å². The molecule has 84 valence electrons. The highest BCUT2D eigenvalue weighted by Gasteiger charge is 2.23. The van der Waals surface area contributed by atoms with Gasteiger partial charge < -0.3 is 15.3 Å². The molecule has 0 aliphatic heterocycles. The lowest BCUT2D eigenvalue weighted by Crippen LogP contribution is -2.07. The molecule has 0 fully saturated rings. The molecule has 0 unspecified atom stereocenters. The molecule has 0 aliphatic rings. The minimum absolute atomic E-state index is 1.48. The molecule has 0 aromatic carbocycles. The van der Waals surface area contributed by atoms with Crippen LogP contribution in [0.1, 0.15) is 0 Å². The highest BCUT2D eigenvalue weighted by Crippen LogP contribution is 2.21. The Labute approximate surface area is 80.8 Å². The van der Waals surface area contributed by atoms with Crippen LogP contribution >= 0.6 is 0 Å². The molecule has 15 heavy (non-hydrogen) atoms. The number of rotatable bonds is 4. The first kappa shape index (κ1) is 13.2. The second-order valence-electron chi connectivity index (χ2n) is 2.19. The summed E-state index contributed by atoms with van der Waals surface area (Å²) in [4.78, 5) is 19.9. The number of hydrogen-bond acceptors (Lipinski definition) is 3. The summed E-state index contributed by atoms with van der Waals surface area (Å²) in [5.74, 6) is -11.4. The molecule has 0 bridgehead atoms. The number of carbonyl (C=O) groups is 2. The maximum atomic E-state index is 12.7. The third kappa shape index (κ3) is 3.09. The second kappa shape index (κ2) is 5.15. The van der Waals surface area contributed by atoms with Gasteiger partial charge in [0.1, 0.15) is 0 Å². The molecule has 0 aromatic heterocycles. The molecule has 0 spiro atoms. The molecule has 0 amide bonds. The highest BCUT2D eigenvalue weighted by molar-refractivity contribution is 5.88. The highest BCUT2D eigenvalue weighted by atomic mass is 19.2. The van der Waals surface area contributed by atoms with Gasteiger partial charge in [0, 0.05) is 0 Å². The van der Waals surface area contributed by atoms with E-state index in [0.717, 1.165) is 0 Å².